The van der Waals surface area contributed by atoms with E-state index in [1.807, 2.05) is 0 Å². The number of carbonyl (C=O) groups excluding carboxylic acids is 2. The second kappa shape index (κ2) is 4.79. The Labute approximate surface area is 102 Å². The molecule has 13 nitrogen and oxygen atoms in total. The molecule has 1 fully saturated rings. The van der Waals surface area contributed by atoms with E-state index in [1.165, 1.54) is 0 Å². The third-order valence-corrected chi connectivity index (χ3v) is 2.23. The molecule has 0 radical (unpaired) electrons. The summed E-state index contributed by atoms with van der Waals surface area (Å²) >= 11 is 0. The first kappa shape index (κ1) is 14.2. The molecule has 1 heterocycles. The molecule has 1 saturated heterocycles. The van der Waals surface area contributed by atoms with Gasteiger partial charge in [0.2, 0.25) is 13.2 Å². The zero-order valence-electron chi connectivity index (χ0n) is 8.92. The van der Waals surface area contributed by atoms with Gasteiger partial charge in [0.1, 0.15) is 9.85 Å². The molecule has 0 spiro atoms. The molecule has 19 heavy (non-hydrogen) atoms. The van der Waals surface area contributed by atoms with E-state index in [2.05, 4.69) is 9.47 Å². The lowest BCUT2D eigenvalue weighted by Crippen LogP contribution is -2.58. The van der Waals surface area contributed by atoms with Gasteiger partial charge in [-0.3, -0.25) is 30.3 Å². The summed E-state index contributed by atoms with van der Waals surface area (Å²) in [7, 11) is 0. The minimum Gasteiger partial charge on any atom is -0.444 e. The fourth-order valence-corrected chi connectivity index (χ4v) is 1.12. The zero-order chi connectivity index (χ0) is 14.8. The molecule has 0 saturated carbocycles. The Kier molecular flexibility index (Phi) is 3.58. The van der Waals surface area contributed by atoms with E-state index in [9.17, 15) is 39.9 Å². The fourth-order valence-electron chi connectivity index (χ4n) is 1.12. The van der Waals surface area contributed by atoms with Crippen LogP contribution in [-0.2, 0) is 19.1 Å². The standard InChI is InChI=1S/C6H5N3O10/c10-4-3(7(12)13)5(11)19-2-6(1-18-4,8(14)15)9(16)17/h3H,1-2H2. The molecular formula is C6H5N3O10. The highest BCUT2D eigenvalue weighted by molar-refractivity contribution is 5.97. The van der Waals surface area contributed by atoms with Crippen molar-refractivity contribution in [2.24, 2.45) is 0 Å². The molecule has 0 amide bonds. The average molecular weight is 279 g/mol. The minimum absolute atomic E-state index is 1.32. The van der Waals surface area contributed by atoms with Crippen molar-refractivity contribution in [3.8, 4) is 0 Å². The normalized spacial score (nSPS) is 19.6. The molecule has 0 aromatic rings. The van der Waals surface area contributed by atoms with Crippen molar-refractivity contribution in [2.45, 2.75) is 11.7 Å². The molecule has 104 valence electrons. The van der Waals surface area contributed by atoms with Crippen LogP contribution in [0.25, 0.3) is 0 Å². The third-order valence-electron chi connectivity index (χ3n) is 2.23. The van der Waals surface area contributed by atoms with Crippen LogP contribution < -0.4 is 0 Å². The van der Waals surface area contributed by atoms with Gasteiger partial charge in [-0.05, 0) is 0 Å². The molecule has 1 aliphatic heterocycles. The summed E-state index contributed by atoms with van der Waals surface area (Å²) in [5, 5.41) is 31.7. The Morgan fingerprint density at radius 1 is 0.947 bits per heavy atom. The number of cyclic esters (lactones) is 2. The van der Waals surface area contributed by atoms with Gasteiger partial charge in [0, 0.05) is 4.92 Å². The lowest BCUT2D eigenvalue weighted by atomic mass is 10.2. The van der Waals surface area contributed by atoms with Gasteiger partial charge in [-0.1, -0.05) is 0 Å². The van der Waals surface area contributed by atoms with Crippen LogP contribution in [0.5, 0.6) is 0 Å². The maximum Gasteiger partial charge on any atom is 0.523 e. The van der Waals surface area contributed by atoms with Crippen LogP contribution in [0.1, 0.15) is 0 Å². The molecule has 0 aromatic heterocycles. The molecule has 1 aliphatic rings. The number of esters is 2. The van der Waals surface area contributed by atoms with Crippen LogP contribution in [0.4, 0.5) is 0 Å². The number of carbonyl (C=O) groups is 2. The van der Waals surface area contributed by atoms with Crippen LogP contribution >= 0.6 is 0 Å². The smallest absolute Gasteiger partial charge is 0.444 e. The third kappa shape index (κ3) is 2.38. The van der Waals surface area contributed by atoms with E-state index >= 15 is 0 Å². The second-order valence-electron chi connectivity index (χ2n) is 3.40. The van der Waals surface area contributed by atoms with Gasteiger partial charge in [0.05, 0.1) is 0 Å². The first-order chi connectivity index (χ1) is 8.72. The summed E-state index contributed by atoms with van der Waals surface area (Å²) in [4.78, 5) is 49.9. The average Bonchev–Trinajstić information content (AvgIpc) is 2.25. The van der Waals surface area contributed by atoms with Crippen LogP contribution in [0.2, 0.25) is 0 Å². The van der Waals surface area contributed by atoms with Crippen LogP contribution in [0, 0.1) is 30.3 Å². The summed E-state index contributed by atoms with van der Waals surface area (Å²) in [5.41, 5.74) is -3.08. The minimum atomic E-state index is -3.08. The molecule has 0 aliphatic carbocycles. The molecule has 0 aromatic carbocycles. The van der Waals surface area contributed by atoms with Gasteiger partial charge in [-0.25, -0.2) is 9.59 Å². The van der Waals surface area contributed by atoms with Gasteiger partial charge in [-0.2, -0.15) is 0 Å². The van der Waals surface area contributed by atoms with E-state index in [0.29, 0.717) is 0 Å². The SMILES string of the molecule is O=C1OCC([N+](=O)[O-])([N+](=O)[O-])COC(=O)C1[N+](=O)[O-]. The highest BCUT2D eigenvalue weighted by Gasteiger charge is 2.62. The molecule has 0 unspecified atom stereocenters. The van der Waals surface area contributed by atoms with Crippen molar-refractivity contribution in [3.63, 3.8) is 0 Å². The van der Waals surface area contributed by atoms with E-state index in [-0.39, 0.29) is 0 Å². The van der Waals surface area contributed by atoms with Gasteiger partial charge < -0.3 is 9.47 Å². The van der Waals surface area contributed by atoms with Crippen LogP contribution in [0.15, 0.2) is 0 Å². The molecule has 13 heteroatoms. The monoisotopic (exact) mass is 279 g/mol. The lowest BCUT2D eigenvalue weighted by Gasteiger charge is -2.20. The fraction of sp³-hybridized carbons (Fsp3) is 0.667. The summed E-state index contributed by atoms with van der Waals surface area (Å²) in [6.45, 7) is -2.77. The van der Waals surface area contributed by atoms with Gasteiger partial charge in [0.25, 0.3) is 0 Å². The van der Waals surface area contributed by atoms with Crippen molar-refractivity contribution in [3.05, 3.63) is 30.3 Å². The van der Waals surface area contributed by atoms with E-state index in [4.69, 9.17) is 0 Å². The topological polar surface area (TPSA) is 182 Å². The Balaban J connectivity index is 3.09. The van der Waals surface area contributed by atoms with E-state index in [0.717, 1.165) is 0 Å². The lowest BCUT2D eigenvalue weighted by molar-refractivity contribution is -0.800. The number of ether oxygens (including phenoxy) is 2. The first-order valence-corrected chi connectivity index (χ1v) is 4.48. The Hall–Kier alpha value is -2.86. The summed E-state index contributed by atoms with van der Waals surface area (Å²) in [6.07, 6.45) is 0. The molecular weight excluding hydrogens is 274 g/mol. The van der Waals surface area contributed by atoms with Crippen LogP contribution in [0.3, 0.4) is 0 Å². The van der Waals surface area contributed by atoms with Gasteiger partial charge >= 0.3 is 23.6 Å². The van der Waals surface area contributed by atoms with Crippen LogP contribution in [-0.4, -0.2) is 51.6 Å². The van der Waals surface area contributed by atoms with Crippen molar-refractivity contribution >= 4 is 11.9 Å². The Morgan fingerprint density at radius 3 is 1.58 bits per heavy atom. The maximum atomic E-state index is 11.1. The van der Waals surface area contributed by atoms with Gasteiger partial charge in [-0.15, -0.1) is 0 Å². The largest absolute Gasteiger partial charge is 0.523 e. The number of rotatable bonds is 3. The quantitative estimate of drug-likeness (QED) is 0.184. The van der Waals surface area contributed by atoms with Crippen molar-refractivity contribution < 1.29 is 33.8 Å². The second-order valence-corrected chi connectivity index (χ2v) is 3.40. The summed E-state index contributed by atoms with van der Waals surface area (Å²) in [6, 6.07) is -2.52. The molecule has 0 atom stereocenters. The number of hydrogen-bond donors (Lipinski definition) is 0. The van der Waals surface area contributed by atoms with Gasteiger partial charge in [0.15, 0.2) is 0 Å². The zero-order valence-corrected chi connectivity index (χ0v) is 8.92. The number of hydrogen-bond acceptors (Lipinski definition) is 10. The molecule has 0 N–H and O–H groups in total. The highest BCUT2D eigenvalue weighted by Crippen LogP contribution is 2.17. The highest BCUT2D eigenvalue weighted by atomic mass is 16.7. The summed E-state index contributed by atoms with van der Waals surface area (Å²) < 4.78 is 8.20. The Morgan fingerprint density at radius 2 is 1.32 bits per heavy atom. The number of nitrogens with zero attached hydrogens (tertiary/aromatic N) is 3. The summed E-state index contributed by atoms with van der Waals surface area (Å²) in [5.74, 6) is -3.52. The van der Waals surface area contributed by atoms with E-state index < -0.39 is 51.6 Å². The molecule has 0 bridgehead atoms. The van der Waals surface area contributed by atoms with E-state index in [1.54, 1.807) is 0 Å². The Bertz CT molecular complexity index is 436. The maximum absolute atomic E-state index is 11.1. The number of nitro groups is 3. The van der Waals surface area contributed by atoms with Crippen molar-refractivity contribution in [1.29, 1.82) is 0 Å². The first-order valence-electron chi connectivity index (χ1n) is 4.48. The predicted octanol–water partition coefficient (Wildman–Crippen LogP) is -2.02. The van der Waals surface area contributed by atoms with Crippen molar-refractivity contribution in [2.75, 3.05) is 13.2 Å². The van der Waals surface area contributed by atoms with Crippen molar-refractivity contribution in [1.82, 2.24) is 0 Å². The molecule has 1 rings (SSSR count). The predicted molar refractivity (Wildman–Crippen MR) is 49.4 cm³/mol.